The van der Waals surface area contributed by atoms with Gasteiger partial charge in [0.2, 0.25) is 0 Å². The fourth-order valence-corrected chi connectivity index (χ4v) is 3.74. The molecule has 4 nitrogen and oxygen atoms in total. The fourth-order valence-electron chi connectivity index (χ4n) is 3.20. The maximum atomic E-state index is 13.2. The molecule has 4 rings (SSSR count). The van der Waals surface area contributed by atoms with Crippen molar-refractivity contribution in [2.24, 2.45) is 0 Å². The molecule has 1 amide bonds. The molecular weight excluding hydrogens is 525 g/mol. The highest BCUT2D eigenvalue weighted by Gasteiger charge is 2.59. The number of nitrogens with one attached hydrogen (secondary N) is 1. The minimum Gasteiger partial charge on any atom is -0.428 e. The molecule has 0 spiro atoms. The van der Waals surface area contributed by atoms with Gasteiger partial charge in [0.15, 0.2) is 11.5 Å². The summed E-state index contributed by atoms with van der Waals surface area (Å²) in [5.74, 6) is -2.66. The summed E-state index contributed by atoms with van der Waals surface area (Å²) >= 11 is 24.3. The van der Waals surface area contributed by atoms with Crippen molar-refractivity contribution in [1.82, 2.24) is 5.32 Å². The lowest BCUT2D eigenvalue weighted by Gasteiger charge is -2.33. The van der Waals surface area contributed by atoms with Gasteiger partial charge >= 0.3 is 12.1 Å². The van der Waals surface area contributed by atoms with E-state index < -0.39 is 27.4 Å². The topological polar surface area (TPSA) is 47.6 Å². The summed E-state index contributed by atoms with van der Waals surface area (Å²) in [6, 6.07) is 15.1. The van der Waals surface area contributed by atoms with Crippen molar-refractivity contribution >= 4 is 52.3 Å². The molecule has 1 N–H and O–H groups in total. The van der Waals surface area contributed by atoms with Crippen LogP contribution >= 0.6 is 46.4 Å². The van der Waals surface area contributed by atoms with Gasteiger partial charge < -0.3 is 9.47 Å². The largest absolute Gasteiger partial charge is 0.428 e. The predicted octanol–water partition coefficient (Wildman–Crippen LogP) is 7.25. The molecule has 1 aliphatic rings. The molecule has 3 aromatic rings. The van der Waals surface area contributed by atoms with Crippen molar-refractivity contribution < 1.29 is 27.4 Å². The van der Waals surface area contributed by atoms with Crippen molar-refractivity contribution in [3.05, 3.63) is 82.9 Å². The van der Waals surface area contributed by atoms with Crippen molar-refractivity contribution in [1.29, 1.82) is 0 Å². The van der Waals surface area contributed by atoms with Crippen LogP contribution < -0.4 is 14.8 Å². The number of hydrogen-bond donors (Lipinski definition) is 1. The monoisotopic (exact) mass is 535 g/mol. The predicted molar refractivity (Wildman–Crippen MR) is 120 cm³/mol. The van der Waals surface area contributed by atoms with Crippen LogP contribution in [0.2, 0.25) is 5.02 Å². The summed E-state index contributed by atoms with van der Waals surface area (Å²) in [4.78, 5) is 13.2. The standard InChI is InChI=1S/C22H12Cl4F3NO3/c23-14-9-10-17-18(11-14)33-22(32-17,21(24,25)26)30-19(31)16-4-2-1-3-15(16)12-5-7-13(8-6-12)20(27,28)29/h1-11H,(H,30,31)/t22-/m1/s1. The number of benzene rings is 3. The lowest BCUT2D eigenvalue weighted by molar-refractivity contribution is -0.137. The first kappa shape index (κ1) is 23.8. The normalized spacial score (nSPS) is 17.7. The Morgan fingerprint density at radius 2 is 1.52 bits per heavy atom. The van der Waals surface area contributed by atoms with Gasteiger partial charge in [0.1, 0.15) is 0 Å². The molecule has 1 atom stereocenters. The Hall–Kier alpha value is -2.32. The van der Waals surface area contributed by atoms with Crippen LogP contribution in [0.4, 0.5) is 13.2 Å². The van der Waals surface area contributed by atoms with Crippen LogP contribution in [0.5, 0.6) is 11.5 Å². The highest BCUT2D eigenvalue weighted by atomic mass is 35.6. The molecule has 0 bridgehead atoms. The zero-order valence-electron chi connectivity index (χ0n) is 16.2. The Kier molecular flexibility index (Phi) is 6.12. The van der Waals surface area contributed by atoms with E-state index in [1.807, 2.05) is 0 Å². The third-order valence-corrected chi connectivity index (χ3v) is 5.74. The molecule has 1 heterocycles. The first-order valence-electron chi connectivity index (χ1n) is 9.23. The van der Waals surface area contributed by atoms with Crippen LogP contribution in [-0.4, -0.2) is 15.6 Å². The maximum Gasteiger partial charge on any atom is 0.416 e. The highest BCUT2D eigenvalue weighted by Crippen LogP contribution is 2.49. The van der Waals surface area contributed by atoms with E-state index in [2.05, 4.69) is 5.32 Å². The first-order chi connectivity index (χ1) is 15.4. The Bertz CT molecular complexity index is 1210. The quantitative estimate of drug-likeness (QED) is 0.358. The summed E-state index contributed by atoms with van der Waals surface area (Å²) in [5.41, 5.74) is 0.00125. The average molecular weight is 537 g/mol. The number of halogens is 7. The van der Waals surface area contributed by atoms with Crippen LogP contribution in [0.3, 0.4) is 0 Å². The minimum absolute atomic E-state index is 0.0899. The molecule has 33 heavy (non-hydrogen) atoms. The van der Waals surface area contributed by atoms with Crippen LogP contribution in [-0.2, 0) is 6.18 Å². The lowest BCUT2D eigenvalue weighted by Crippen LogP contribution is -2.63. The van der Waals surface area contributed by atoms with Gasteiger partial charge in [-0.3, -0.25) is 10.1 Å². The molecular formula is C22H12Cl4F3NO3. The molecule has 0 fully saturated rings. The number of rotatable bonds is 3. The number of carbonyl (C=O) groups is 1. The van der Waals surface area contributed by atoms with Gasteiger partial charge in [0, 0.05) is 16.7 Å². The Labute approximate surface area is 206 Å². The Balaban J connectivity index is 1.68. The number of carbonyl (C=O) groups excluding carboxylic acids is 1. The minimum atomic E-state index is -4.48. The van der Waals surface area contributed by atoms with E-state index in [0.29, 0.717) is 16.1 Å². The molecule has 0 saturated heterocycles. The number of hydrogen-bond acceptors (Lipinski definition) is 3. The summed E-state index contributed by atoms with van der Waals surface area (Å²) in [6.45, 7) is 0. The summed E-state index contributed by atoms with van der Waals surface area (Å²) in [7, 11) is 0. The van der Waals surface area contributed by atoms with Gasteiger partial charge in [-0.05, 0) is 41.5 Å². The van der Waals surface area contributed by atoms with E-state index in [4.69, 9.17) is 55.9 Å². The molecule has 0 radical (unpaired) electrons. The zero-order valence-corrected chi connectivity index (χ0v) is 19.2. The van der Waals surface area contributed by atoms with Gasteiger partial charge in [-0.1, -0.05) is 76.7 Å². The second-order valence-electron chi connectivity index (χ2n) is 6.98. The molecule has 11 heteroatoms. The number of ether oxygens (including phenoxy) is 2. The van der Waals surface area contributed by atoms with Gasteiger partial charge in [0.25, 0.3) is 9.70 Å². The van der Waals surface area contributed by atoms with Crippen LogP contribution in [0.15, 0.2) is 66.7 Å². The third-order valence-electron chi connectivity index (χ3n) is 4.76. The number of alkyl halides is 6. The molecule has 0 aromatic heterocycles. The van der Waals surface area contributed by atoms with E-state index >= 15 is 0 Å². The summed E-state index contributed by atoms with van der Waals surface area (Å²) in [6.07, 6.45) is -4.48. The smallest absolute Gasteiger partial charge is 0.416 e. The van der Waals surface area contributed by atoms with Crippen molar-refractivity contribution in [2.45, 2.75) is 15.9 Å². The molecule has 0 aliphatic carbocycles. The van der Waals surface area contributed by atoms with E-state index in [0.717, 1.165) is 12.1 Å². The zero-order chi connectivity index (χ0) is 24.0. The van der Waals surface area contributed by atoms with E-state index in [-0.39, 0.29) is 17.1 Å². The molecule has 3 aromatic carbocycles. The summed E-state index contributed by atoms with van der Waals surface area (Å²) < 4.78 is 47.8. The van der Waals surface area contributed by atoms with Crippen molar-refractivity contribution in [3.63, 3.8) is 0 Å². The van der Waals surface area contributed by atoms with Crippen LogP contribution in [0.25, 0.3) is 11.1 Å². The van der Waals surface area contributed by atoms with Gasteiger partial charge in [-0.25, -0.2) is 0 Å². The van der Waals surface area contributed by atoms with Crippen LogP contribution in [0, 0.1) is 0 Å². The molecule has 172 valence electrons. The van der Waals surface area contributed by atoms with E-state index in [9.17, 15) is 18.0 Å². The van der Waals surface area contributed by atoms with Gasteiger partial charge in [-0.2, -0.15) is 13.2 Å². The Morgan fingerprint density at radius 1 is 0.879 bits per heavy atom. The van der Waals surface area contributed by atoms with E-state index in [1.54, 1.807) is 18.2 Å². The first-order valence-corrected chi connectivity index (χ1v) is 10.7. The van der Waals surface area contributed by atoms with Gasteiger partial charge in [-0.15, -0.1) is 0 Å². The van der Waals surface area contributed by atoms with Crippen LogP contribution in [0.1, 0.15) is 15.9 Å². The highest BCUT2D eigenvalue weighted by molar-refractivity contribution is 6.68. The SMILES string of the molecule is O=C(N[C@]1(C(Cl)(Cl)Cl)Oc2ccc(Cl)cc2O1)c1ccccc1-c1ccc(C(F)(F)F)cc1. The maximum absolute atomic E-state index is 13.2. The molecule has 0 unspecified atom stereocenters. The fraction of sp³-hybridized carbons (Fsp3) is 0.136. The van der Waals surface area contributed by atoms with Crippen molar-refractivity contribution in [2.75, 3.05) is 0 Å². The number of amides is 1. The molecule has 1 aliphatic heterocycles. The van der Waals surface area contributed by atoms with Crippen molar-refractivity contribution in [3.8, 4) is 22.6 Å². The van der Waals surface area contributed by atoms with Gasteiger partial charge in [0.05, 0.1) is 5.56 Å². The average Bonchev–Trinajstić information content (AvgIpc) is 3.11. The second kappa shape index (κ2) is 8.47. The number of fused-ring (bicyclic) bond motifs is 1. The summed E-state index contributed by atoms with van der Waals surface area (Å²) in [5, 5.41) is 2.79. The molecule has 0 saturated carbocycles. The Morgan fingerprint density at radius 3 is 2.15 bits per heavy atom. The van der Waals surface area contributed by atoms with E-state index in [1.165, 1.54) is 36.4 Å². The lowest BCUT2D eigenvalue weighted by atomic mass is 9.98. The second-order valence-corrected chi connectivity index (χ2v) is 9.70. The third kappa shape index (κ3) is 4.68.